The Morgan fingerprint density at radius 3 is 2.79 bits per heavy atom. The van der Waals surface area contributed by atoms with Gasteiger partial charge in [0.2, 0.25) is 0 Å². The van der Waals surface area contributed by atoms with Crippen LogP contribution in [-0.2, 0) is 6.42 Å². The summed E-state index contributed by atoms with van der Waals surface area (Å²) in [6.45, 7) is 0.885. The fourth-order valence-corrected chi connectivity index (χ4v) is 2.90. The molecule has 4 heteroatoms. The summed E-state index contributed by atoms with van der Waals surface area (Å²) in [6, 6.07) is 10.1. The van der Waals surface area contributed by atoms with Crippen molar-refractivity contribution in [2.24, 2.45) is 0 Å². The second kappa shape index (κ2) is 7.04. The molecule has 0 aliphatic heterocycles. The molecule has 0 amide bonds. The van der Waals surface area contributed by atoms with Crippen molar-refractivity contribution in [3.05, 3.63) is 63.3 Å². The van der Waals surface area contributed by atoms with Crippen molar-refractivity contribution in [3.63, 3.8) is 0 Å². The Bertz CT molecular complexity index is 545. The Labute approximate surface area is 127 Å². The first-order chi connectivity index (χ1) is 9.20. The summed E-state index contributed by atoms with van der Waals surface area (Å²) in [5, 5.41) is 4.06. The molecule has 1 unspecified atom stereocenters. The molecule has 2 nitrogen and oxygen atoms in total. The van der Waals surface area contributed by atoms with Crippen LogP contribution < -0.4 is 5.32 Å². The van der Waals surface area contributed by atoms with E-state index in [1.165, 1.54) is 11.1 Å². The summed E-state index contributed by atoms with van der Waals surface area (Å²) in [5.41, 5.74) is 2.38. The van der Waals surface area contributed by atoms with Gasteiger partial charge in [-0.3, -0.25) is 4.98 Å². The minimum Gasteiger partial charge on any atom is -0.319 e. The van der Waals surface area contributed by atoms with E-state index < -0.39 is 0 Å². The smallest absolute Gasteiger partial charge is 0.0441 e. The normalized spacial score (nSPS) is 12.4. The van der Waals surface area contributed by atoms with Gasteiger partial charge in [0.15, 0.2) is 0 Å². The average molecular weight is 340 g/mol. The van der Waals surface area contributed by atoms with Crippen molar-refractivity contribution < 1.29 is 0 Å². The third-order valence-electron chi connectivity index (χ3n) is 3.04. The first-order valence-electron chi connectivity index (χ1n) is 6.19. The highest BCUT2D eigenvalue weighted by molar-refractivity contribution is 9.10. The number of pyridine rings is 1. The lowest BCUT2D eigenvalue weighted by atomic mass is 9.92. The van der Waals surface area contributed by atoms with Crippen LogP contribution in [0.5, 0.6) is 0 Å². The fraction of sp³-hybridized carbons (Fsp3) is 0.267. The standard InChI is InChI=1S/C15H16BrClN2/c1-18-9-12(14-4-2-3-5-15(14)17)6-11-7-13(16)10-19-8-11/h2-5,7-8,10,12,18H,6,9H2,1H3. The van der Waals surface area contributed by atoms with E-state index >= 15 is 0 Å². The molecule has 0 fully saturated rings. The Kier molecular flexibility index (Phi) is 5.37. The fourth-order valence-electron chi connectivity index (χ4n) is 2.20. The van der Waals surface area contributed by atoms with Crippen molar-refractivity contribution in [1.82, 2.24) is 10.3 Å². The molecule has 0 aliphatic carbocycles. The number of benzene rings is 1. The lowest BCUT2D eigenvalue weighted by Crippen LogP contribution is -2.19. The third kappa shape index (κ3) is 4.03. The maximum Gasteiger partial charge on any atom is 0.0441 e. The number of halogens is 2. The quantitative estimate of drug-likeness (QED) is 0.889. The van der Waals surface area contributed by atoms with Gasteiger partial charge in [-0.25, -0.2) is 0 Å². The first-order valence-corrected chi connectivity index (χ1v) is 7.36. The van der Waals surface area contributed by atoms with E-state index in [9.17, 15) is 0 Å². The van der Waals surface area contributed by atoms with Crippen molar-refractivity contribution >= 4 is 27.5 Å². The van der Waals surface area contributed by atoms with Crippen LogP contribution in [0.3, 0.4) is 0 Å². The highest BCUT2D eigenvalue weighted by Gasteiger charge is 2.14. The summed E-state index contributed by atoms with van der Waals surface area (Å²) in [7, 11) is 1.96. The Morgan fingerprint density at radius 2 is 2.11 bits per heavy atom. The van der Waals surface area contributed by atoms with Crippen LogP contribution in [0.2, 0.25) is 5.02 Å². The number of hydrogen-bond donors (Lipinski definition) is 1. The molecule has 2 aromatic rings. The van der Waals surface area contributed by atoms with Gasteiger partial charge in [0, 0.05) is 34.4 Å². The van der Waals surface area contributed by atoms with Crippen LogP contribution in [0.1, 0.15) is 17.0 Å². The molecule has 0 spiro atoms. The number of hydrogen-bond acceptors (Lipinski definition) is 2. The summed E-state index contributed by atoms with van der Waals surface area (Å²) in [5.74, 6) is 0.342. The van der Waals surface area contributed by atoms with Crippen LogP contribution in [0, 0.1) is 0 Å². The van der Waals surface area contributed by atoms with Gasteiger partial charge in [0.05, 0.1) is 0 Å². The van der Waals surface area contributed by atoms with Crippen molar-refractivity contribution in [3.8, 4) is 0 Å². The molecular weight excluding hydrogens is 324 g/mol. The molecule has 1 aromatic heterocycles. The minimum absolute atomic E-state index is 0.342. The molecule has 0 aliphatic rings. The Balaban J connectivity index is 2.24. The van der Waals surface area contributed by atoms with Crippen LogP contribution in [-0.4, -0.2) is 18.6 Å². The molecule has 1 aromatic carbocycles. The van der Waals surface area contributed by atoms with Gasteiger partial charge in [-0.1, -0.05) is 29.8 Å². The number of likely N-dealkylation sites (N-methyl/N-ethyl adjacent to an activating group) is 1. The zero-order valence-corrected chi connectivity index (χ0v) is 13.1. The summed E-state index contributed by atoms with van der Waals surface area (Å²) >= 11 is 9.76. The van der Waals surface area contributed by atoms with E-state index in [2.05, 4.69) is 38.4 Å². The second-order valence-electron chi connectivity index (χ2n) is 4.49. The largest absolute Gasteiger partial charge is 0.319 e. The van der Waals surface area contributed by atoms with E-state index in [1.807, 2.05) is 31.4 Å². The molecule has 0 saturated carbocycles. The van der Waals surface area contributed by atoms with Crippen LogP contribution in [0.25, 0.3) is 0 Å². The molecule has 1 N–H and O–H groups in total. The molecule has 1 heterocycles. The van der Waals surface area contributed by atoms with Gasteiger partial charge in [0.1, 0.15) is 0 Å². The lowest BCUT2D eigenvalue weighted by Gasteiger charge is -2.18. The number of aromatic nitrogens is 1. The summed E-state index contributed by atoms with van der Waals surface area (Å²) in [4.78, 5) is 4.21. The first kappa shape index (κ1) is 14.5. The Morgan fingerprint density at radius 1 is 1.32 bits per heavy atom. The average Bonchev–Trinajstić information content (AvgIpc) is 2.39. The second-order valence-corrected chi connectivity index (χ2v) is 5.81. The van der Waals surface area contributed by atoms with Gasteiger partial charge in [0.25, 0.3) is 0 Å². The molecular formula is C15H16BrClN2. The molecule has 0 saturated heterocycles. The van der Waals surface area contributed by atoms with Gasteiger partial charge in [-0.15, -0.1) is 0 Å². The van der Waals surface area contributed by atoms with E-state index in [-0.39, 0.29) is 0 Å². The molecule has 100 valence electrons. The summed E-state index contributed by atoms with van der Waals surface area (Å²) in [6.07, 6.45) is 4.62. The highest BCUT2D eigenvalue weighted by Crippen LogP contribution is 2.27. The SMILES string of the molecule is CNCC(Cc1cncc(Br)c1)c1ccccc1Cl. The Hall–Kier alpha value is -0.900. The van der Waals surface area contributed by atoms with Gasteiger partial charge < -0.3 is 5.32 Å². The monoisotopic (exact) mass is 338 g/mol. The van der Waals surface area contributed by atoms with Crippen molar-refractivity contribution in [2.45, 2.75) is 12.3 Å². The van der Waals surface area contributed by atoms with Gasteiger partial charge >= 0.3 is 0 Å². The van der Waals surface area contributed by atoms with Crippen LogP contribution in [0.15, 0.2) is 47.2 Å². The van der Waals surface area contributed by atoms with E-state index in [0.29, 0.717) is 5.92 Å². The molecule has 1 atom stereocenters. The van der Waals surface area contributed by atoms with Crippen molar-refractivity contribution in [1.29, 1.82) is 0 Å². The predicted octanol–water partition coefficient (Wildman–Crippen LogP) is 4.04. The van der Waals surface area contributed by atoms with E-state index in [0.717, 1.165) is 22.5 Å². The van der Waals surface area contributed by atoms with Crippen LogP contribution >= 0.6 is 27.5 Å². The van der Waals surface area contributed by atoms with E-state index in [4.69, 9.17) is 11.6 Å². The predicted molar refractivity (Wildman–Crippen MR) is 83.8 cm³/mol. The summed E-state index contributed by atoms with van der Waals surface area (Å²) < 4.78 is 1.01. The molecule has 2 rings (SSSR count). The minimum atomic E-state index is 0.342. The van der Waals surface area contributed by atoms with Gasteiger partial charge in [-0.05, 0) is 52.7 Å². The number of nitrogens with zero attached hydrogens (tertiary/aromatic N) is 1. The lowest BCUT2D eigenvalue weighted by molar-refractivity contribution is 0.625. The zero-order valence-electron chi connectivity index (χ0n) is 10.7. The molecule has 0 radical (unpaired) electrons. The zero-order chi connectivity index (χ0) is 13.7. The van der Waals surface area contributed by atoms with Gasteiger partial charge in [-0.2, -0.15) is 0 Å². The van der Waals surface area contributed by atoms with Crippen molar-refractivity contribution in [2.75, 3.05) is 13.6 Å². The topological polar surface area (TPSA) is 24.9 Å². The maximum atomic E-state index is 6.30. The number of rotatable bonds is 5. The van der Waals surface area contributed by atoms with Crippen LogP contribution in [0.4, 0.5) is 0 Å². The molecule has 0 bridgehead atoms. The van der Waals surface area contributed by atoms with E-state index in [1.54, 1.807) is 6.20 Å². The third-order valence-corrected chi connectivity index (χ3v) is 3.82. The highest BCUT2D eigenvalue weighted by atomic mass is 79.9. The maximum absolute atomic E-state index is 6.30. The molecule has 19 heavy (non-hydrogen) atoms. The number of nitrogens with one attached hydrogen (secondary N) is 1.